The van der Waals surface area contributed by atoms with Crippen molar-refractivity contribution in [2.24, 2.45) is 0 Å². The Balaban J connectivity index is 1.09. The molecule has 16 heteroatoms. The molecule has 6 rings (SSSR count). The van der Waals surface area contributed by atoms with Crippen LogP contribution < -0.4 is 15.0 Å². The minimum atomic E-state index is -0.946. The number of esters is 1. The highest BCUT2D eigenvalue weighted by Crippen LogP contribution is 2.40. The number of carbonyl (C=O) groups is 3. The number of aromatic nitrogens is 2. The van der Waals surface area contributed by atoms with E-state index in [0.717, 1.165) is 42.2 Å². The molecular formula is C42H44ClN7O6S2. The van der Waals surface area contributed by atoms with Crippen molar-refractivity contribution in [2.45, 2.75) is 81.8 Å². The molecule has 2 unspecified atom stereocenters. The quantitative estimate of drug-likeness (QED) is 0.0783. The summed E-state index contributed by atoms with van der Waals surface area (Å²) < 4.78 is 16.6. The molecule has 13 nitrogen and oxygen atoms in total. The highest BCUT2D eigenvalue weighted by atomic mass is 35.5. The van der Waals surface area contributed by atoms with Crippen molar-refractivity contribution in [3.63, 3.8) is 0 Å². The molecule has 1 N–H and O–H groups in total. The lowest BCUT2D eigenvalue weighted by Crippen LogP contribution is -2.51. The number of likely N-dealkylation sites (tertiary alicyclic amines) is 1. The van der Waals surface area contributed by atoms with Crippen LogP contribution in [0.5, 0.6) is 5.75 Å². The van der Waals surface area contributed by atoms with Crippen LogP contribution >= 0.6 is 34.7 Å². The normalized spacial score (nSPS) is 15.7. The van der Waals surface area contributed by atoms with Crippen molar-refractivity contribution in [1.82, 2.24) is 20.2 Å². The summed E-state index contributed by atoms with van der Waals surface area (Å²) in [5.74, 6) is 0.447. The van der Waals surface area contributed by atoms with Gasteiger partial charge in [-0.25, -0.2) is 19.6 Å². The molecule has 0 saturated carbocycles. The Labute approximate surface area is 351 Å². The fourth-order valence-corrected chi connectivity index (χ4v) is 8.58. The lowest BCUT2D eigenvalue weighted by molar-refractivity contribution is -0.148. The molecule has 302 valence electrons. The molecule has 0 spiro atoms. The van der Waals surface area contributed by atoms with Crippen molar-refractivity contribution < 1.29 is 28.6 Å². The molecule has 2 aliphatic heterocycles. The van der Waals surface area contributed by atoms with Crippen LogP contribution in [-0.2, 0) is 24.8 Å². The molecule has 0 bridgehead atoms. The van der Waals surface area contributed by atoms with Crippen LogP contribution in [0.15, 0.2) is 58.9 Å². The van der Waals surface area contributed by atoms with Gasteiger partial charge in [-0.3, -0.25) is 9.69 Å². The van der Waals surface area contributed by atoms with E-state index in [1.54, 1.807) is 45.0 Å². The van der Waals surface area contributed by atoms with Crippen molar-refractivity contribution in [2.75, 3.05) is 37.7 Å². The number of hydrogen-bond acceptors (Lipinski definition) is 13. The van der Waals surface area contributed by atoms with E-state index in [9.17, 15) is 24.9 Å². The highest BCUT2D eigenvalue weighted by Gasteiger charge is 2.37. The fourth-order valence-electron chi connectivity index (χ4n) is 6.64. The number of pyridine rings is 1. The van der Waals surface area contributed by atoms with Gasteiger partial charge in [-0.1, -0.05) is 47.6 Å². The first-order chi connectivity index (χ1) is 27.8. The van der Waals surface area contributed by atoms with Gasteiger partial charge in [0, 0.05) is 46.9 Å². The van der Waals surface area contributed by atoms with Crippen molar-refractivity contribution in [3.05, 3.63) is 75.8 Å². The number of anilines is 1. The molecule has 0 aliphatic carbocycles. The zero-order valence-corrected chi connectivity index (χ0v) is 35.1. The van der Waals surface area contributed by atoms with E-state index in [1.165, 1.54) is 34.9 Å². The largest absolute Gasteiger partial charge is 0.490 e. The smallest absolute Gasteiger partial charge is 0.410 e. The van der Waals surface area contributed by atoms with Gasteiger partial charge in [0.25, 0.3) is 0 Å². The second kappa shape index (κ2) is 18.9. The average molecular weight is 842 g/mol. The van der Waals surface area contributed by atoms with Crippen LogP contribution in [0.4, 0.5) is 10.6 Å². The van der Waals surface area contributed by atoms with Gasteiger partial charge in [-0.2, -0.15) is 10.5 Å². The van der Waals surface area contributed by atoms with Crippen molar-refractivity contribution >= 4 is 58.5 Å². The number of thioether (sulfide) groups is 1. The average Bonchev–Trinajstić information content (AvgIpc) is 4.01. The minimum absolute atomic E-state index is 0.0409. The van der Waals surface area contributed by atoms with Gasteiger partial charge in [-0.15, -0.1) is 11.3 Å². The summed E-state index contributed by atoms with van der Waals surface area (Å²) in [7, 11) is 0. The van der Waals surface area contributed by atoms with Gasteiger partial charge in [0.2, 0.25) is 5.91 Å². The molecular weight excluding hydrogens is 798 g/mol. The summed E-state index contributed by atoms with van der Waals surface area (Å²) in [6.45, 7) is 8.70. The molecule has 2 aromatic heterocycles. The third kappa shape index (κ3) is 10.4. The topological polar surface area (TPSA) is 171 Å². The number of nitrogens with one attached hydrogen (secondary N) is 1. The summed E-state index contributed by atoms with van der Waals surface area (Å²) in [4.78, 5) is 51.5. The maximum Gasteiger partial charge on any atom is 0.410 e. The third-order valence-corrected chi connectivity index (χ3v) is 11.6. The van der Waals surface area contributed by atoms with Gasteiger partial charge in [0.15, 0.2) is 0 Å². The van der Waals surface area contributed by atoms with Crippen molar-refractivity contribution in [1.29, 1.82) is 10.5 Å². The third-order valence-electron chi connectivity index (χ3n) is 9.41. The summed E-state index contributed by atoms with van der Waals surface area (Å²) >= 11 is 9.01. The fraction of sp³-hybridized carbons (Fsp3) is 0.405. The van der Waals surface area contributed by atoms with Crippen LogP contribution in [0.3, 0.4) is 0 Å². The van der Waals surface area contributed by atoms with Crippen LogP contribution in [0.2, 0.25) is 5.02 Å². The van der Waals surface area contributed by atoms with E-state index in [1.807, 2.05) is 29.6 Å². The molecule has 2 aliphatic rings. The Kier molecular flexibility index (Phi) is 13.8. The second-order valence-electron chi connectivity index (χ2n) is 14.8. The van der Waals surface area contributed by atoms with E-state index in [-0.39, 0.29) is 13.2 Å². The number of ether oxygens (including phenoxy) is 3. The zero-order chi connectivity index (χ0) is 41.4. The van der Waals surface area contributed by atoms with Crippen LogP contribution in [0.1, 0.15) is 70.2 Å². The van der Waals surface area contributed by atoms with E-state index in [0.29, 0.717) is 69.0 Å². The predicted molar refractivity (Wildman–Crippen MR) is 223 cm³/mol. The standard InChI is InChI=1S/C42H44ClN7O6S2/c1-26(46-37(51)34-8-7-19-50(34)41(53)56-42(2,3)4)40(52)55-21-20-54-31-15-11-27(12-16-31)35-32(22-44)36(49-17-5-6-18-49)48-39(33(35)23-45)58-25-30-24-57-38(47-30)28-9-13-29(43)14-10-28/h9-16,24,26,34H,5-8,17-21,25H2,1-4H3,(H,46,51). The number of halogens is 1. The van der Waals surface area contributed by atoms with Crippen LogP contribution in [0.25, 0.3) is 21.7 Å². The lowest BCUT2D eigenvalue weighted by atomic mass is 9.96. The molecule has 4 aromatic rings. The maximum absolute atomic E-state index is 13.0. The molecule has 2 fully saturated rings. The lowest BCUT2D eigenvalue weighted by Gasteiger charge is -2.28. The van der Waals surface area contributed by atoms with Crippen LogP contribution in [-0.4, -0.2) is 83.4 Å². The summed E-state index contributed by atoms with van der Waals surface area (Å²) in [6, 6.07) is 17.6. The SMILES string of the molecule is CC(NC(=O)C1CCCN1C(=O)OC(C)(C)C)C(=O)OCCOc1ccc(-c2c(C#N)c(SCc3csc(-c4ccc(Cl)cc4)n3)nc(N3CCCC3)c2C#N)cc1. The van der Waals surface area contributed by atoms with Gasteiger partial charge < -0.3 is 24.4 Å². The molecule has 0 radical (unpaired) electrons. The Morgan fingerprint density at radius 1 is 0.966 bits per heavy atom. The molecule has 2 amide bonds. The van der Waals surface area contributed by atoms with Crippen molar-refractivity contribution in [3.8, 4) is 39.6 Å². The Bertz CT molecular complexity index is 2210. The van der Waals surface area contributed by atoms with Gasteiger partial charge in [0.1, 0.15) is 70.2 Å². The number of amides is 2. The Hall–Kier alpha value is -5.35. The summed E-state index contributed by atoms with van der Waals surface area (Å²) in [5, 5.41) is 27.7. The number of nitriles is 2. The number of rotatable bonds is 13. The molecule has 58 heavy (non-hydrogen) atoms. The number of nitrogens with zero attached hydrogens (tertiary/aromatic N) is 6. The zero-order valence-electron chi connectivity index (χ0n) is 32.7. The first-order valence-electron chi connectivity index (χ1n) is 19.0. The Morgan fingerprint density at radius 2 is 1.66 bits per heavy atom. The van der Waals surface area contributed by atoms with E-state index in [4.69, 9.17) is 35.8 Å². The maximum atomic E-state index is 13.0. The summed E-state index contributed by atoms with van der Waals surface area (Å²) in [6.07, 6.45) is 2.53. The molecule has 2 atom stereocenters. The minimum Gasteiger partial charge on any atom is -0.490 e. The molecule has 4 heterocycles. The molecule has 2 saturated heterocycles. The highest BCUT2D eigenvalue weighted by molar-refractivity contribution is 7.98. The predicted octanol–water partition coefficient (Wildman–Crippen LogP) is 7.99. The summed E-state index contributed by atoms with van der Waals surface area (Å²) in [5.41, 5.74) is 2.94. The van der Waals surface area contributed by atoms with Gasteiger partial charge >= 0.3 is 12.1 Å². The number of benzene rings is 2. The van der Waals surface area contributed by atoms with E-state index >= 15 is 0 Å². The first kappa shape index (κ1) is 42.3. The van der Waals surface area contributed by atoms with E-state index < -0.39 is 35.7 Å². The van der Waals surface area contributed by atoms with Gasteiger partial charge in [0.05, 0.1) is 11.3 Å². The molecule has 2 aromatic carbocycles. The monoisotopic (exact) mass is 841 g/mol. The number of hydrogen-bond donors (Lipinski definition) is 1. The van der Waals surface area contributed by atoms with E-state index in [2.05, 4.69) is 22.4 Å². The number of carbonyl (C=O) groups excluding carboxylic acids is 3. The van der Waals surface area contributed by atoms with Gasteiger partial charge in [-0.05, 0) is 83.2 Å². The number of thiazole rings is 1. The second-order valence-corrected chi connectivity index (χ2v) is 17.1. The van der Waals surface area contributed by atoms with Crippen LogP contribution in [0, 0.1) is 22.7 Å². The first-order valence-corrected chi connectivity index (χ1v) is 21.3. The Morgan fingerprint density at radius 3 is 2.33 bits per heavy atom.